The van der Waals surface area contributed by atoms with E-state index in [1.807, 2.05) is 13.8 Å². The number of carbonyl (C=O) groups is 3. The van der Waals surface area contributed by atoms with E-state index in [1.54, 1.807) is 23.6 Å². The molecule has 0 spiro atoms. The van der Waals surface area contributed by atoms with Crippen LogP contribution >= 0.6 is 0 Å². The number of likely N-dealkylation sites (tertiary alicyclic amines) is 2. The Kier molecular flexibility index (Phi) is 3.41. The van der Waals surface area contributed by atoms with Crippen molar-refractivity contribution in [2.75, 3.05) is 13.1 Å². The maximum Gasteiger partial charge on any atom is 0.228 e. The first-order valence-corrected chi connectivity index (χ1v) is 6.89. The quantitative estimate of drug-likeness (QED) is 0.743. The number of hydrogen-bond acceptors (Lipinski definition) is 3. The molecule has 0 aromatic rings. The molecule has 5 nitrogen and oxygen atoms in total. The zero-order valence-electron chi connectivity index (χ0n) is 12.1. The molecule has 0 aromatic heterocycles. The molecule has 2 rings (SSSR count). The van der Waals surface area contributed by atoms with Gasteiger partial charge in [0, 0.05) is 32.0 Å². The van der Waals surface area contributed by atoms with Crippen molar-refractivity contribution in [3.8, 4) is 0 Å². The fourth-order valence-corrected chi connectivity index (χ4v) is 2.95. The van der Waals surface area contributed by atoms with Crippen molar-refractivity contribution < 1.29 is 14.4 Å². The zero-order valence-corrected chi connectivity index (χ0v) is 12.1. The second-order valence-corrected chi connectivity index (χ2v) is 6.26. The van der Waals surface area contributed by atoms with Crippen molar-refractivity contribution in [2.45, 2.75) is 52.1 Å². The van der Waals surface area contributed by atoms with Crippen LogP contribution in [0.1, 0.15) is 40.5 Å². The number of Topliss-reactive ketones (excluding diaryl/α,β-unsaturated/α-hetero) is 1. The lowest BCUT2D eigenvalue weighted by atomic mass is 9.98. The van der Waals surface area contributed by atoms with E-state index in [-0.39, 0.29) is 36.0 Å². The van der Waals surface area contributed by atoms with E-state index >= 15 is 0 Å². The van der Waals surface area contributed by atoms with E-state index in [0.717, 1.165) is 0 Å². The molecule has 2 fully saturated rings. The largest absolute Gasteiger partial charge is 0.339 e. The normalized spacial score (nSPS) is 26.7. The SMILES string of the molecule is CC(C)N1CC(C(=O)N2CCC(=O)C2(C)C)CC1=O. The molecule has 2 aliphatic heterocycles. The van der Waals surface area contributed by atoms with E-state index in [2.05, 4.69) is 0 Å². The highest BCUT2D eigenvalue weighted by Crippen LogP contribution is 2.30. The molecule has 0 aliphatic carbocycles. The van der Waals surface area contributed by atoms with Crippen LogP contribution in [0.25, 0.3) is 0 Å². The Morgan fingerprint density at radius 3 is 2.37 bits per heavy atom. The highest BCUT2D eigenvalue weighted by Gasteiger charge is 2.46. The number of nitrogens with zero attached hydrogens (tertiary/aromatic N) is 2. The van der Waals surface area contributed by atoms with E-state index < -0.39 is 5.54 Å². The summed E-state index contributed by atoms with van der Waals surface area (Å²) in [7, 11) is 0. The minimum atomic E-state index is -0.717. The van der Waals surface area contributed by atoms with Crippen LogP contribution in [0.15, 0.2) is 0 Å². The summed E-state index contributed by atoms with van der Waals surface area (Å²) in [4.78, 5) is 39.6. The molecule has 0 saturated carbocycles. The Bertz CT molecular complexity index is 428. The molecule has 2 saturated heterocycles. The summed E-state index contributed by atoms with van der Waals surface area (Å²) < 4.78 is 0. The van der Waals surface area contributed by atoms with Gasteiger partial charge in [0.05, 0.1) is 11.5 Å². The van der Waals surface area contributed by atoms with Gasteiger partial charge in [0.2, 0.25) is 11.8 Å². The van der Waals surface area contributed by atoms with Crippen molar-refractivity contribution in [1.29, 1.82) is 0 Å². The maximum atomic E-state index is 12.5. The fourth-order valence-electron chi connectivity index (χ4n) is 2.95. The topological polar surface area (TPSA) is 57.7 Å². The lowest BCUT2D eigenvalue weighted by Gasteiger charge is -2.32. The van der Waals surface area contributed by atoms with Crippen LogP contribution in [0, 0.1) is 5.92 Å². The van der Waals surface area contributed by atoms with Crippen LogP contribution in [0.3, 0.4) is 0 Å². The molecule has 2 heterocycles. The molecule has 106 valence electrons. The Morgan fingerprint density at radius 1 is 1.32 bits per heavy atom. The molecule has 0 radical (unpaired) electrons. The first kappa shape index (κ1) is 14.0. The van der Waals surface area contributed by atoms with Crippen LogP contribution in [-0.4, -0.2) is 52.1 Å². The Hall–Kier alpha value is -1.39. The highest BCUT2D eigenvalue weighted by atomic mass is 16.2. The molecule has 1 atom stereocenters. The van der Waals surface area contributed by atoms with Gasteiger partial charge < -0.3 is 9.80 Å². The summed E-state index contributed by atoms with van der Waals surface area (Å²) in [6.07, 6.45) is 0.699. The fraction of sp³-hybridized carbons (Fsp3) is 0.786. The second kappa shape index (κ2) is 4.62. The average molecular weight is 266 g/mol. The lowest BCUT2D eigenvalue weighted by Crippen LogP contribution is -2.49. The first-order chi connectivity index (χ1) is 8.75. The van der Waals surface area contributed by atoms with Gasteiger partial charge >= 0.3 is 0 Å². The molecular weight excluding hydrogens is 244 g/mol. The van der Waals surface area contributed by atoms with Gasteiger partial charge in [-0.15, -0.1) is 0 Å². The van der Waals surface area contributed by atoms with E-state index in [9.17, 15) is 14.4 Å². The summed E-state index contributed by atoms with van der Waals surface area (Å²) in [5.74, 6) is -0.199. The number of rotatable bonds is 2. The predicted molar refractivity (Wildman–Crippen MR) is 70.4 cm³/mol. The second-order valence-electron chi connectivity index (χ2n) is 6.26. The Labute approximate surface area is 113 Å². The van der Waals surface area contributed by atoms with Gasteiger partial charge in [0.25, 0.3) is 0 Å². The smallest absolute Gasteiger partial charge is 0.228 e. The van der Waals surface area contributed by atoms with E-state index in [1.165, 1.54) is 0 Å². The number of ketones is 1. The number of hydrogen-bond donors (Lipinski definition) is 0. The lowest BCUT2D eigenvalue weighted by molar-refractivity contribution is -0.142. The summed E-state index contributed by atoms with van der Waals surface area (Å²) >= 11 is 0. The summed E-state index contributed by atoms with van der Waals surface area (Å²) in [5, 5.41) is 0. The van der Waals surface area contributed by atoms with Crippen LogP contribution < -0.4 is 0 Å². The van der Waals surface area contributed by atoms with Gasteiger partial charge in [-0.05, 0) is 27.7 Å². The number of amides is 2. The number of carbonyl (C=O) groups excluding carboxylic acids is 3. The molecule has 0 bridgehead atoms. The monoisotopic (exact) mass is 266 g/mol. The van der Waals surface area contributed by atoms with E-state index in [0.29, 0.717) is 19.5 Å². The summed E-state index contributed by atoms with van der Waals surface area (Å²) in [5.41, 5.74) is -0.717. The molecule has 2 aliphatic rings. The van der Waals surface area contributed by atoms with Gasteiger partial charge in [0.1, 0.15) is 0 Å². The first-order valence-electron chi connectivity index (χ1n) is 6.89. The third-order valence-electron chi connectivity index (χ3n) is 4.32. The van der Waals surface area contributed by atoms with Gasteiger partial charge in [0.15, 0.2) is 5.78 Å². The highest BCUT2D eigenvalue weighted by molar-refractivity contribution is 5.97. The Balaban J connectivity index is 2.10. The summed E-state index contributed by atoms with van der Waals surface area (Å²) in [6, 6.07) is 0.124. The van der Waals surface area contributed by atoms with Crippen LogP contribution in [0.4, 0.5) is 0 Å². The summed E-state index contributed by atoms with van der Waals surface area (Å²) in [6.45, 7) is 8.45. The van der Waals surface area contributed by atoms with Crippen molar-refractivity contribution >= 4 is 17.6 Å². The molecule has 1 unspecified atom stereocenters. The average Bonchev–Trinajstić information content (AvgIpc) is 2.81. The molecule has 5 heteroatoms. The molecular formula is C14H22N2O3. The van der Waals surface area contributed by atoms with Gasteiger partial charge in [-0.1, -0.05) is 0 Å². The minimum Gasteiger partial charge on any atom is -0.339 e. The molecule has 2 amide bonds. The van der Waals surface area contributed by atoms with Crippen molar-refractivity contribution in [2.24, 2.45) is 5.92 Å². The minimum absolute atomic E-state index is 0.0386. The Morgan fingerprint density at radius 2 is 1.95 bits per heavy atom. The zero-order chi connectivity index (χ0) is 14.4. The molecule has 19 heavy (non-hydrogen) atoms. The van der Waals surface area contributed by atoms with Gasteiger partial charge in [-0.25, -0.2) is 0 Å². The van der Waals surface area contributed by atoms with Crippen molar-refractivity contribution in [1.82, 2.24) is 9.80 Å². The van der Waals surface area contributed by atoms with Crippen LogP contribution in [-0.2, 0) is 14.4 Å². The van der Waals surface area contributed by atoms with Crippen molar-refractivity contribution in [3.05, 3.63) is 0 Å². The maximum absolute atomic E-state index is 12.5. The predicted octanol–water partition coefficient (Wildman–Crippen LogP) is 0.823. The van der Waals surface area contributed by atoms with E-state index in [4.69, 9.17) is 0 Å². The van der Waals surface area contributed by atoms with Crippen LogP contribution in [0.2, 0.25) is 0 Å². The third-order valence-corrected chi connectivity index (χ3v) is 4.32. The van der Waals surface area contributed by atoms with Crippen LogP contribution in [0.5, 0.6) is 0 Å². The van der Waals surface area contributed by atoms with Gasteiger partial charge in [-0.2, -0.15) is 0 Å². The molecule has 0 N–H and O–H groups in total. The third kappa shape index (κ3) is 2.26. The molecule has 0 aromatic carbocycles. The standard InChI is InChI=1S/C14H22N2O3/c1-9(2)15-8-10(7-12(15)18)13(19)16-6-5-11(17)14(16,3)4/h9-10H,5-8H2,1-4H3. The van der Waals surface area contributed by atoms with Crippen molar-refractivity contribution in [3.63, 3.8) is 0 Å². The van der Waals surface area contributed by atoms with Gasteiger partial charge in [-0.3, -0.25) is 14.4 Å².